The lowest BCUT2D eigenvalue weighted by atomic mass is 9.78. The van der Waals surface area contributed by atoms with E-state index in [9.17, 15) is 0 Å². The van der Waals surface area contributed by atoms with Crippen molar-refractivity contribution in [1.29, 1.82) is 5.41 Å². The zero-order valence-electron chi connectivity index (χ0n) is 30.2. The van der Waals surface area contributed by atoms with E-state index < -0.39 is 0 Å². The van der Waals surface area contributed by atoms with E-state index in [0.29, 0.717) is 6.54 Å². The molecule has 0 bridgehead atoms. The first-order valence-corrected chi connectivity index (χ1v) is 17.9. The number of nitrogens with one attached hydrogen (secondary N) is 4. The van der Waals surface area contributed by atoms with Gasteiger partial charge in [0.2, 0.25) is 0 Å². The molecule has 1 aliphatic heterocycles. The van der Waals surface area contributed by atoms with Crippen LogP contribution in [0.5, 0.6) is 0 Å². The predicted molar refractivity (Wildman–Crippen MR) is 216 cm³/mol. The second kappa shape index (κ2) is 17.3. The molecule has 50 heavy (non-hydrogen) atoms. The minimum atomic E-state index is 0.0309. The number of allylic oxidation sites excluding steroid dienone is 16. The van der Waals surface area contributed by atoms with Gasteiger partial charge in [-0.3, -0.25) is 0 Å². The van der Waals surface area contributed by atoms with Gasteiger partial charge in [-0.1, -0.05) is 111 Å². The van der Waals surface area contributed by atoms with E-state index in [1.54, 1.807) is 0 Å². The van der Waals surface area contributed by atoms with Crippen molar-refractivity contribution in [1.82, 2.24) is 16.0 Å². The first-order chi connectivity index (χ1) is 24.4. The van der Waals surface area contributed by atoms with Gasteiger partial charge >= 0.3 is 0 Å². The van der Waals surface area contributed by atoms with Crippen LogP contribution in [0.2, 0.25) is 0 Å². The monoisotopic (exact) mass is 660 g/mol. The molecule has 256 valence electrons. The lowest BCUT2D eigenvalue weighted by Gasteiger charge is -2.28. The summed E-state index contributed by atoms with van der Waals surface area (Å²) in [5.41, 5.74) is 15.6. The maximum absolute atomic E-state index is 7.59. The van der Waals surface area contributed by atoms with Gasteiger partial charge in [-0.2, -0.15) is 0 Å². The summed E-state index contributed by atoms with van der Waals surface area (Å²) in [4.78, 5) is 0. The molecule has 2 atom stereocenters. The summed E-state index contributed by atoms with van der Waals surface area (Å²) in [7, 11) is 0. The molecule has 5 rings (SSSR count). The highest BCUT2D eigenvalue weighted by Crippen LogP contribution is 2.43. The van der Waals surface area contributed by atoms with E-state index >= 15 is 0 Å². The van der Waals surface area contributed by atoms with Crippen LogP contribution < -0.4 is 16.0 Å². The molecule has 2 aromatic carbocycles. The number of rotatable bonds is 14. The van der Waals surface area contributed by atoms with Crippen LogP contribution in [-0.2, 0) is 6.42 Å². The summed E-state index contributed by atoms with van der Waals surface area (Å²) < 4.78 is 0. The van der Waals surface area contributed by atoms with E-state index in [-0.39, 0.29) is 12.0 Å². The van der Waals surface area contributed by atoms with Gasteiger partial charge in [0, 0.05) is 42.3 Å². The summed E-state index contributed by atoms with van der Waals surface area (Å²) in [6.07, 6.45) is 28.2. The molecule has 3 aliphatic rings. The van der Waals surface area contributed by atoms with Gasteiger partial charge in [0.1, 0.15) is 0 Å². The van der Waals surface area contributed by atoms with Gasteiger partial charge in [-0.15, -0.1) is 0 Å². The van der Waals surface area contributed by atoms with Gasteiger partial charge in [-0.25, -0.2) is 0 Å². The third-order valence-corrected chi connectivity index (χ3v) is 9.64. The molecule has 2 aliphatic carbocycles. The lowest BCUT2D eigenvalue weighted by molar-refractivity contribution is 0.655. The van der Waals surface area contributed by atoms with E-state index in [0.717, 1.165) is 59.5 Å². The molecule has 4 nitrogen and oxygen atoms in total. The number of hydrogen-bond donors (Lipinski definition) is 4. The zero-order chi connectivity index (χ0) is 35.5. The average molecular weight is 661 g/mol. The Balaban J connectivity index is 1.50. The normalized spacial score (nSPS) is 19.6. The van der Waals surface area contributed by atoms with E-state index in [4.69, 9.17) is 5.41 Å². The standard InChI is InChI=1S/C46H52N4/c1-7-15-32(6)45-30-39(31-46(50-45)43(11-5)48-25-8-2)37-18-14-17-36(28-37)33(9-3)27-34(10-4)38-20-22-41-42(29-38)40-19-13-12-16-35(40)21-23-44(41)49-26-24-47/h7,9-20,22-24,27-28,30-31,42,46-50H,1,3,8,21,25-26,29H2,2,4-6H3/b32-15+,33-27+,34-10+,43-11-,47-24?/t42-,46?/m1/s1. The summed E-state index contributed by atoms with van der Waals surface area (Å²) in [6, 6.07) is 17.6. The minimum Gasteiger partial charge on any atom is -0.387 e. The highest BCUT2D eigenvalue weighted by molar-refractivity contribution is 5.83. The Kier molecular flexibility index (Phi) is 12.5. The SMILES string of the molecule is C=C/C=C(\C)C1=CC(c2cccc(/C(C=C)=C/C(=C\C)C3=CC=C4C(NCC=N)=CCc5ccccc5[C@H]4C3)c2)=CC(/C(=C/C)NCCC)N1. The Bertz CT molecular complexity index is 1900. The molecule has 0 saturated carbocycles. The fraction of sp³-hybridized carbons (Fsp3) is 0.239. The molecule has 0 amide bonds. The van der Waals surface area contributed by atoms with Gasteiger partial charge < -0.3 is 21.4 Å². The van der Waals surface area contributed by atoms with E-state index in [1.165, 1.54) is 45.3 Å². The quantitative estimate of drug-likeness (QED) is 0.121. The van der Waals surface area contributed by atoms with E-state index in [2.05, 4.69) is 160 Å². The van der Waals surface area contributed by atoms with Crippen molar-refractivity contribution in [3.63, 3.8) is 0 Å². The fourth-order valence-corrected chi connectivity index (χ4v) is 7.00. The molecular formula is C46H52N4. The Labute approximate surface area is 300 Å². The smallest absolute Gasteiger partial charge is 0.0850 e. The maximum Gasteiger partial charge on any atom is 0.0850 e. The number of fused-ring (bicyclic) bond motifs is 3. The summed E-state index contributed by atoms with van der Waals surface area (Å²) >= 11 is 0. The average Bonchev–Trinajstić information content (AvgIpc) is 3.31. The molecule has 0 saturated heterocycles. The second-order valence-electron chi connectivity index (χ2n) is 12.9. The highest BCUT2D eigenvalue weighted by atomic mass is 15.0. The third kappa shape index (κ3) is 8.26. The third-order valence-electron chi connectivity index (χ3n) is 9.64. The van der Waals surface area contributed by atoms with Crippen LogP contribution in [0, 0.1) is 5.41 Å². The van der Waals surface area contributed by atoms with Crippen molar-refractivity contribution < 1.29 is 0 Å². The molecule has 0 radical (unpaired) electrons. The van der Waals surface area contributed by atoms with Gasteiger partial charge in [0.15, 0.2) is 0 Å². The van der Waals surface area contributed by atoms with Crippen LogP contribution in [-0.4, -0.2) is 25.3 Å². The van der Waals surface area contributed by atoms with Crippen LogP contribution in [0.3, 0.4) is 0 Å². The molecule has 0 aromatic heterocycles. The van der Waals surface area contributed by atoms with Crippen molar-refractivity contribution in [2.24, 2.45) is 0 Å². The molecular weight excluding hydrogens is 609 g/mol. The van der Waals surface area contributed by atoms with Crippen molar-refractivity contribution in [3.05, 3.63) is 190 Å². The largest absolute Gasteiger partial charge is 0.387 e. The number of hydrogen-bond acceptors (Lipinski definition) is 4. The highest BCUT2D eigenvalue weighted by Gasteiger charge is 2.28. The van der Waals surface area contributed by atoms with Gasteiger partial charge in [0.05, 0.1) is 6.04 Å². The first-order valence-electron chi connectivity index (χ1n) is 17.9. The first kappa shape index (κ1) is 35.9. The second-order valence-corrected chi connectivity index (χ2v) is 12.9. The Hall–Kier alpha value is -5.35. The molecule has 4 N–H and O–H groups in total. The van der Waals surface area contributed by atoms with E-state index in [1.807, 2.05) is 12.2 Å². The molecule has 0 fully saturated rings. The Morgan fingerprint density at radius 3 is 2.62 bits per heavy atom. The predicted octanol–water partition coefficient (Wildman–Crippen LogP) is 10.2. The zero-order valence-corrected chi connectivity index (χ0v) is 30.2. The molecule has 0 spiro atoms. The van der Waals surface area contributed by atoms with Crippen molar-refractivity contribution >= 4 is 17.4 Å². The van der Waals surface area contributed by atoms with Crippen LogP contribution in [0.15, 0.2) is 168 Å². The number of benzene rings is 2. The molecule has 4 heteroatoms. The van der Waals surface area contributed by atoms with Crippen LogP contribution in [0.25, 0.3) is 11.1 Å². The van der Waals surface area contributed by atoms with Crippen molar-refractivity contribution in [2.75, 3.05) is 13.1 Å². The molecule has 1 heterocycles. The fourth-order valence-electron chi connectivity index (χ4n) is 7.00. The lowest BCUT2D eigenvalue weighted by Crippen LogP contribution is -2.37. The topological polar surface area (TPSA) is 59.9 Å². The Morgan fingerprint density at radius 2 is 1.88 bits per heavy atom. The summed E-state index contributed by atoms with van der Waals surface area (Å²) in [5, 5.41) is 18.4. The summed E-state index contributed by atoms with van der Waals surface area (Å²) in [5.74, 6) is 0.241. The Morgan fingerprint density at radius 1 is 1.04 bits per heavy atom. The van der Waals surface area contributed by atoms with Crippen molar-refractivity contribution in [3.8, 4) is 0 Å². The molecule has 1 unspecified atom stereocenters. The molecule has 2 aromatic rings. The minimum absolute atomic E-state index is 0.0309. The van der Waals surface area contributed by atoms with Gasteiger partial charge in [0.25, 0.3) is 0 Å². The maximum atomic E-state index is 7.59. The van der Waals surface area contributed by atoms with Crippen LogP contribution in [0.1, 0.15) is 68.7 Å². The van der Waals surface area contributed by atoms with Crippen LogP contribution >= 0.6 is 0 Å². The summed E-state index contributed by atoms with van der Waals surface area (Å²) in [6.45, 7) is 18.2. The number of dihydropyridines is 1. The van der Waals surface area contributed by atoms with Crippen LogP contribution in [0.4, 0.5) is 0 Å². The van der Waals surface area contributed by atoms with Gasteiger partial charge in [-0.05, 0) is 120 Å². The van der Waals surface area contributed by atoms with Crippen molar-refractivity contribution in [2.45, 2.75) is 58.9 Å².